The van der Waals surface area contributed by atoms with Crippen molar-refractivity contribution in [3.8, 4) is 0 Å². The molecule has 39 heavy (non-hydrogen) atoms. The van der Waals surface area contributed by atoms with Crippen molar-refractivity contribution in [1.82, 2.24) is 10.9 Å². The van der Waals surface area contributed by atoms with E-state index < -0.39 is 0 Å². The van der Waals surface area contributed by atoms with Gasteiger partial charge in [0.25, 0.3) is 0 Å². The number of rotatable bonds is 12. The van der Waals surface area contributed by atoms with E-state index in [0.29, 0.717) is 24.7 Å². The highest BCUT2D eigenvalue weighted by atomic mass is 16.2. The van der Waals surface area contributed by atoms with Crippen molar-refractivity contribution in [3.05, 3.63) is 71.8 Å². The normalized spacial score (nSPS) is 19.3. The minimum absolute atomic E-state index is 0.00368. The maximum absolute atomic E-state index is 12.2. The maximum Gasteiger partial charge on any atom is 0.240 e. The quantitative estimate of drug-likeness (QED) is 0.223. The van der Waals surface area contributed by atoms with Crippen molar-refractivity contribution in [2.45, 2.75) is 108 Å². The number of hydrogen-bond acceptors (Lipinski definition) is 4. The highest BCUT2D eigenvalue weighted by molar-refractivity contribution is 5.87. The van der Waals surface area contributed by atoms with Crippen LogP contribution >= 0.6 is 0 Å². The predicted octanol–water partition coefficient (Wildman–Crippen LogP) is 7.38. The molecule has 2 N–H and O–H groups in total. The van der Waals surface area contributed by atoms with Crippen LogP contribution in [-0.2, 0) is 9.59 Å². The van der Waals surface area contributed by atoms with E-state index in [-0.39, 0.29) is 11.8 Å². The first-order chi connectivity index (χ1) is 19.2. The van der Waals surface area contributed by atoms with E-state index in [0.717, 1.165) is 94.9 Å². The van der Waals surface area contributed by atoms with Crippen molar-refractivity contribution in [2.24, 2.45) is 10.2 Å². The van der Waals surface area contributed by atoms with Crippen LogP contribution in [0.5, 0.6) is 0 Å². The van der Waals surface area contributed by atoms with E-state index in [2.05, 4.69) is 81.7 Å². The van der Waals surface area contributed by atoms with Gasteiger partial charge in [0.15, 0.2) is 0 Å². The van der Waals surface area contributed by atoms with Crippen LogP contribution in [0.25, 0.3) is 0 Å². The lowest BCUT2D eigenvalue weighted by atomic mass is 9.83. The predicted molar refractivity (Wildman–Crippen MR) is 159 cm³/mol. The summed E-state index contributed by atoms with van der Waals surface area (Å²) < 4.78 is 0. The number of hydrazone groups is 2. The summed E-state index contributed by atoms with van der Waals surface area (Å²) in [5, 5.41) is 8.78. The molecule has 2 saturated carbocycles. The van der Waals surface area contributed by atoms with Crippen LogP contribution in [0.1, 0.15) is 119 Å². The molecule has 0 unspecified atom stereocenters. The molecule has 0 heterocycles. The molecule has 4 rings (SSSR count). The average Bonchev–Trinajstić information content (AvgIpc) is 3.00. The molecule has 2 aliphatic rings. The second kappa shape index (κ2) is 16.0. The van der Waals surface area contributed by atoms with Gasteiger partial charge in [-0.05, 0) is 87.2 Å². The maximum atomic E-state index is 12.2. The second-order valence-corrected chi connectivity index (χ2v) is 11.1. The number of carbonyl (C=O) groups is 2. The number of carbonyl (C=O) groups excluding carboxylic acids is 2. The molecule has 0 bridgehead atoms. The van der Waals surface area contributed by atoms with Crippen molar-refractivity contribution < 1.29 is 9.59 Å². The van der Waals surface area contributed by atoms with Gasteiger partial charge in [-0.3, -0.25) is 9.59 Å². The van der Waals surface area contributed by atoms with E-state index in [1.54, 1.807) is 0 Å². The minimum Gasteiger partial charge on any atom is -0.273 e. The zero-order chi connectivity index (χ0) is 27.1. The van der Waals surface area contributed by atoms with E-state index >= 15 is 0 Å². The van der Waals surface area contributed by atoms with Crippen LogP contribution in [0.15, 0.2) is 70.9 Å². The average molecular weight is 529 g/mol. The number of amides is 2. The fourth-order valence-electron chi connectivity index (χ4n) is 5.74. The lowest BCUT2D eigenvalue weighted by molar-refractivity contribution is -0.121. The molecule has 0 aromatic heterocycles. The van der Waals surface area contributed by atoms with Gasteiger partial charge < -0.3 is 0 Å². The Morgan fingerprint density at radius 2 is 0.923 bits per heavy atom. The van der Waals surface area contributed by atoms with E-state index in [1.165, 1.54) is 11.1 Å². The molecule has 0 saturated heterocycles. The molecule has 0 spiro atoms. The fraction of sp³-hybridized carbons (Fsp3) is 0.515. The van der Waals surface area contributed by atoms with Gasteiger partial charge in [0.05, 0.1) is 0 Å². The third-order valence-electron chi connectivity index (χ3n) is 8.15. The minimum atomic E-state index is 0.00368. The molecule has 0 radical (unpaired) electrons. The van der Waals surface area contributed by atoms with E-state index in [9.17, 15) is 9.59 Å². The van der Waals surface area contributed by atoms with Gasteiger partial charge in [0, 0.05) is 24.3 Å². The Hall–Kier alpha value is -3.28. The third kappa shape index (κ3) is 10.1. The first-order valence-electron chi connectivity index (χ1n) is 15.0. The molecule has 6 nitrogen and oxygen atoms in total. The number of unbranched alkanes of at least 4 members (excludes halogenated alkanes) is 4. The van der Waals surface area contributed by atoms with Gasteiger partial charge in [0.2, 0.25) is 11.8 Å². The van der Waals surface area contributed by atoms with Gasteiger partial charge in [0.1, 0.15) is 0 Å². The standard InChI is InChI=1S/C33H44N4O2/c38-32(36-34-30-22-18-28(19-23-30)26-12-6-4-7-13-26)16-10-2-1-3-11-17-33(39)37-35-31-24-20-29(21-25-31)27-14-8-5-9-15-27/h4-9,12-15,28-29H,1-3,10-11,16-25H2,(H,36,38)(H,37,39). The van der Waals surface area contributed by atoms with Crippen LogP contribution in [0, 0.1) is 0 Å². The number of benzene rings is 2. The Bertz CT molecular complexity index is 990. The summed E-state index contributed by atoms with van der Waals surface area (Å²) in [6.07, 6.45) is 14.0. The van der Waals surface area contributed by atoms with Crippen molar-refractivity contribution >= 4 is 23.2 Å². The second-order valence-electron chi connectivity index (χ2n) is 11.1. The number of nitrogens with one attached hydrogen (secondary N) is 2. The first kappa shape index (κ1) is 28.7. The molecule has 2 aliphatic carbocycles. The van der Waals surface area contributed by atoms with Gasteiger partial charge in [-0.1, -0.05) is 79.9 Å². The third-order valence-corrected chi connectivity index (χ3v) is 8.15. The van der Waals surface area contributed by atoms with Crippen molar-refractivity contribution in [3.63, 3.8) is 0 Å². The Morgan fingerprint density at radius 1 is 0.564 bits per heavy atom. The zero-order valence-electron chi connectivity index (χ0n) is 23.2. The molecule has 208 valence electrons. The molecule has 0 aliphatic heterocycles. The summed E-state index contributed by atoms with van der Waals surface area (Å²) in [6, 6.07) is 21.3. The van der Waals surface area contributed by atoms with Crippen LogP contribution in [0.4, 0.5) is 0 Å². The van der Waals surface area contributed by atoms with Gasteiger partial charge in [-0.25, -0.2) is 10.9 Å². The number of hydrogen-bond donors (Lipinski definition) is 2. The highest BCUT2D eigenvalue weighted by Crippen LogP contribution is 2.32. The highest BCUT2D eigenvalue weighted by Gasteiger charge is 2.20. The smallest absolute Gasteiger partial charge is 0.240 e. The molecule has 2 aromatic rings. The Kier molecular flexibility index (Phi) is 11.8. The summed E-state index contributed by atoms with van der Waals surface area (Å²) in [4.78, 5) is 24.3. The van der Waals surface area contributed by atoms with Crippen molar-refractivity contribution in [1.29, 1.82) is 0 Å². The number of nitrogens with zero attached hydrogens (tertiary/aromatic N) is 2. The summed E-state index contributed by atoms with van der Waals surface area (Å²) in [7, 11) is 0. The summed E-state index contributed by atoms with van der Waals surface area (Å²) in [6.45, 7) is 0. The van der Waals surface area contributed by atoms with Crippen LogP contribution in [0.3, 0.4) is 0 Å². The topological polar surface area (TPSA) is 82.9 Å². The molecule has 2 amide bonds. The monoisotopic (exact) mass is 528 g/mol. The molecule has 2 aromatic carbocycles. The zero-order valence-corrected chi connectivity index (χ0v) is 23.2. The Balaban J connectivity index is 0.985. The molecular weight excluding hydrogens is 484 g/mol. The van der Waals surface area contributed by atoms with Crippen LogP contribution in [-0.4, -0.2) is 23.2 Å². The van der Waals surface area contributed by atoms with E-state index in [4.69, 9.17) is 0 Å². The summed E-state index contributed by atoms with van der Waals surface area (Å²) in [5.74, 6) is 1.21. The lowest BCUT2D eigenvalue weighted by Gasteiger charge is -2.23. The molecule has 2 fully saturated rings. The molecule has 6 heteroatoms. The fourth-order valence-corrected chi connectivity index (χ4v) is 5.74. The molecule has 0 atom stereocenters. The van der Waals surface area contributed by atoms with Crippen molar-refractivity contribution in [2.75, 3.05) is 0 Å². The van der Waals surface area contributed by atoms with Crippen LogP contribution in [0.2, 0.25) is 0 Å². The van der Waals surface area contributed by atoms with Gasteiger partial charge in [-0.2, -0.15) is 10.2 Å². The largest absolute Gasteiger partial charge is 0.273 e. The van der Waals surface area contributed by atoms with Gasteiger partial charge >= 0.3 is 0 Å². The first-order valence-corrected chi connectivity index (χ1v) is 15.0. The van der Waals surface area contributed by atoms with Crippen LogP contribution < -0.4 is 10.9 Å². The lowest BCUT2D eigenvalue weighted by Crippen LogP contribution is -2.21. The summed E-state index contributed by atoms with van der Waals surface area (Å²) in [5.41, 5.74) is 10.6. The SMILES string of the molecule is O=C(CCCCCCCC(=O)NN=C1CCC(c2ccccc2)CC1)NN=C1CCC(c2ccccc2)CC1. The summed E-state index contributed by atoms with van der Waals surface area (Å²) >= 11 is 0. The molecular formula is C33H44N4O2. The van der Waals surface area contributed by atoms with E-state index in [1.807, 2.05) is 0 Å². The van der Waals surface area contributed by atoms with Gasteiger partial charge in [-0.15, -0.1) is 0 Å². The Labute approximate surface area is 233 Å². The Morgan fingerprint density at radius 3 is 1.31 bits per heavy atom.